The van der Waals surface area contributed by atoms with Crippen molar-refractivity contribution in [1.29, 1.82) is 0 Å². The van der Waals surface area contributed by atoms with Crippen LogP contribution in [0.25, 0.3) is 0 Å². The molecule has 23 heavy (non-hydrogen) atoms. The van der Waals surface area contributed by atoms with Gasteiger partial charge in [-0.15, -0.1) is 0 Å². The van der Waals surface area contributed by atoms with Crippen molar-refractivity contribution in [3.8, 4) is 5.75 Å². The lowest BCUT2D eigenvalue weighted by Crippen LogP contribution is -2.18. The molecule has 1 aliphatic heterocycles. The summed E-state index contributed by atoms with van der Waals surface area (Å²) in [5, 5.41) is 10.6. The number of halogens is 2. The fraction of sp³-hybridized carbons (Fsp3) is 0.278. The van der Waals surface area contributed by atoms with E-state index >= 15 is 0 Å². The first kappa shape index (κ1) is 16.3. The quantitative estimate of drug-likeness (QED) is 0.785. The summed E-state index contributed by atoms with van der Waals surface area (Å²) in [7, 11) is 0. The first-order chi connectivity index (χ1) is 11.1. The minimum Gasteiger partial charge on any atom is -0.506 e. The normalized spacial score (nSPS) is 15.6. The van der Waals surface area contributed by atoms with E-state index in [-0.39, 0.29) is 10.8 Å². The van der Waals surface area contributed by atoms with Crippen molar-refractivity contribution in [2.45, 2.75) is 19.4 Å². The van der Waals surface area contributed by atoms with Crippen LogP contribution in [0.4, 0.5) is 5.69 Å². The van der Waals surface area contributed by atoms with E-state index in [4.69, 9.17) is 23.2 Å². The van der Waals surface area contributed by atoms with Gasteiger partial charge in [0, 0.05) is 23.3 Å². The van der Waals surface area contributed by atoms with E-state index < -0.39 is 0 Å². The largest absolute Gasteiger partial charge is 0.506 e. The van der Waals surface area contributed by atoms with Crippen LogP contribution in [0.1, 0.15) is 24.0 Å². The van der Waals surface area contributed by atoms with E-state index in [0.717, 1.165) is 12.2 Å². The summed E-state index contributed by atoms with van der Waals surface area (Å²) in [6, 6.07) is 11.3. The van der Waals surface area contributed by atoms with Crippen molar-refractivity contribution in [3.63, 3.8) is 0 Å². The van der Waals surface area contributed by atoms with Crippen LogP contribution in [-0.2, 0) is 6.54 Å². The van der Waals surface area contributed by atoms with Gasteiger partial charge in [0.15, 0.2) is 0 Å². The Bertz CT molecular complexity index is 708. The highest BCUT2D eigenvalue weighted by molar-refractivity contribution is 6.36. The molecule has 1 N–H and O–H groups in total. The lowest BCUT2D eigenvalue weighted by molar-refractivity contribution is 0.331. The average Bonchev–Trinajstić information content (AvgIpc) is 3.04. The Morgan fingerprint density at radius 2 is 1.78 bits per heavy atom. The second-order valence-electron chi connectivity index (χ2n) is 5.73. The van der Waals surface area contributed by atoms with Gasteiger partial charge >= 0.3 is 0 Å². The molecule has 0 aliphatic carbocycles. The molecule has 0 atom stereocenters. The number of aromatic hydroxyl groups is 1. The van der Waals surface area contributed by atoms with Crippen molar-refractivity contribution in [2.75, 3.05) is 13.1 Å². The third-order valence-electron chi connectivity index (χ3n) is 3.95. The zero-order chi connectivity index (χ0) is 16.2. The van der Waals surface area contributed by atoms with Crippen molar-refractivity contribution < 1.29 is 5.11 Å². The minimum atomic E-state index is -0.00882. The molecule has 0 spiro atoms. The van der Waals surface area contributed by atoms with Gasteiger partial charge in [-0.25, -0.2) is 0 Å². The van der Waals surface area contributed by atoms with E-state index in [2.05, 4.69) is 22.0 Å². The predicted molar refractivity (Wildman–Crippen MR) is 96.3 cm³/mol. The van der Waals surface area contributed by atoms with Crippen molar-refractivity contribution in [2.24, 2.45) is 4.99 Å². The van der Waals surface area contributed by atoms with Crippen LogP contribution in [0.3, 0.4) is 0 Å². The highest BCUT2D eigenvalue weighted by Crippen LogP contribution is 2.30. The molecule has 3 rings (SSSR count). The van der Waals surface area contributed by atoms with Gasteiger partial charge < -0.3 is 5.11 Å². The standard InChI is InChI=1S/C18H18Cl2N2O/c19-15-9-14(18(23)17(20)10-15)11-21-16-5-3-13(4-6-16)12-22-7-1-2-8-22/h3-6,9-11,23H,1-2,7-8,12H2. The molecular weight excluding hydrogens is 331 g/mol. The summed E-state index contributed by atoms with van der Waals surface area (Å²) in [6.45, 7) is 3.37. The summed E-state index contributed by atoms with van der Waals surface area (Å²) in [4.78, 5) is 6.84. The number of likely N-dealkylation sites (tertiary alicyclic amines) is 1. The Kier molecular flexibility index (Phi) is 5.21. The van der Waals surface area contributed by atoms with Gasteiger partial charge in [-0.1, -0.05) is 35.3 Å². The number of hydrogen-bond acceptors (Lipinski definition) is 3. The van der Waals surface area contributed by atoms with E-state index in [9.17, 15) is 5.11 Å². The van der Waals surface area contributed by atoms with Crippen LogP contribution in [0, 0.1) is 0 Å². The van der Waals surface area contributed by atoms with Crippen LogP contribution >= 0.6 is 23.2 Å². The molecule has 3 nitrogen and oxygen atoms in total. The predicted octanol–water partition coefficient (Wildman–Crippen LogP) is 5.05. The van der Waals surface area contributed by atoms with E-state index in [1.807, 2.05) is 12.1 Å². The van der Waals surface area contributed by atoms with Crippen LogP contribution in [0.15, 0.2) is 41.4 Å². The van der Waals surface area contributed by atoms with Crippen LogP contribution in [0.5, 0.6) is 5.75 Å². The van der Waals surface area contributed by atoms with Crippen LogP contribution in [0.2, 0.25) is 10.0 Å². The molecule has 0 saturated carbocycles. The molecular formula is C18H18Cl2N2O. The molecule has 0 bridgehead atoms. The summed E-state index contributed by atoms with van der Waals surface area (Å²) in [5.74, 6) is -0.00882. The van der Waals surface area contributed by atoms with E-state index in [1.54, 1.807) is 12.3 Å². The lowest BCUT2D eigenvalue weighted by atomic mass is 10.2. The molecule has 0 aromatic heterocycles. The molecule has 1 aliphatic rings. The molecule has 5 heteroatoms. The van der Waals surface area contributed by atoms with Gasteiger partial charge in [0.2, 0.25) is 0 Å². The van der Waals surface area contributed by atoms with Crippen molar-refractivity contribution in [1.82, 2.24) is 4.90 Å². The molecule has 2 aromatic carbocycles. The summed E-state index contributed by atoms with van der Waals surface area (Å²) in [6.07, 6.45) is 4.17. The maximum atomic E-state index is 9.92. The number of hydrogen-bond donors (Lipinski definition) is 1. The second kappa shape index (κ2) is 7.35. The summed E-state index contributed by atoms with van der Waals surface area (Å²) >= 11 is 11.8. The monoisotopic (exact) mass is 348 g/mol. The minimum absolute atomic E-state index is 0.00882. The first-order valence-electron chi connectivity index (χ1n) is 7.65. The molecule has 120 valence electrons. The first-order valence-corrected chi connectivity index (χ1v) is 8.41. The zero-order valence-electron chi connectivity index (χ0n) is 12.7. The molecule has 1 saturated heterocycles. The van der Waals surface area contributed by atoms with Gasteiger partial charge in [-0.3, -0.25) is 9.89 Å². The van der Waals surface area contributed by atoms with Gasteiger partial charge in [-0.2, -0.15) is 0 Å². The second-order valence-corrected chi connectivity index (χ2v) is 6.58. The maximum absolute atomic E-state index is 9.92. The van der Waals surface area contributed by atoms with Crippen molar-refractivity contribution in [3.05, 3.63) is 57.6 Å². The highest BCUT2D eigenvalue weighted by Gasteiger charge is 2.11. The SMILES string of the molecule is Oc1c(Cl)cc(Cl)cc1C=Nc1ccc(CN2CCCC2)cc1. The zero-order valence-corrected chi connectivity index (χ0v) is 14.2. The molecule has 1 heterocycles. The number of aliphatic imine (C=N–C) groups is 1. The Hall–Kier alpha value is -1.55. The van der Waals surface area contributed by atoms with Gasteiger partial charge in [0.05, 0.1) is 10.7 Å². The smallest absolute Gasteiger partial charge is 0.143 e. The van der Waals surface area contributed by atoms with E-state index in [1.165, 1.54) is 37.6 Å². The number of phenolic OH excluding ortho intramolecular Hbond substituents is 1. The molecule has 0 radical (unpaired) electrons. The topological polar surface area (TPSA) is 35.8 Å². The van der Waals surface area contributed by atoms with Gasteiger partial charge in [0.1, 0.15) is 5.75 Å². The highest BCUT2D eigenvalue weighted by atomic mass is 35.5. The Morgan fingerprint density at radius 3 is 2.48 bits per heavy atom. The number of nitrogens with zero attached hydrogens (tertiary/aromatic N) is 2. The van der Waals surface area contributed by atoms with Gasteiger partial charge in [0.25, 0.3) is 0 Å². The number of benzene rings is 2. The lowest BCUT2D eigenvalue weighted by Gasteiger charge is -2.14. The fourth-order valence-electron chi connectivity index (χ4n) is 2.71. The Balaban J connectivity index is 1.70. The average molecular weight is 349 g/mol. The molecule has 0 unspecified atom stereocenters. The Labute approximate surface area is 146 Å². The number of rotatable bonds is 4. The van der Waals surface area contributed by atoms with Crippen molar-refractivity contribution >= 4 is 35.1 Å². The molecule has 0 amide bonds. The fourth-order valence-corrected chi connectivity index (χ4v) is 3.22. The van der Waals surface area contributed by atoms with Gasteiger partial charge in [-0.05, 0) is 55.8 Å². The Morgan fingerprint density at radius 1 is 1.09 bits per heavy atom. The van der Waals surface area contributed by atoms with Crippen LogP contribution < -0.4 is 0 Å². The van der Waals surface area contributed by atoms with Crippen LogP contribution in [-0.4, -0.2) is 29.3 Å². The number of phenols is 1. The summed E-state index contributed by atoms with van der Waals surface area (Å²) < 4.78 is 0. The molecule has 1 fully saturated rings. The maximum Gasteiger partial charge on any atom is 0.143 e. The summed E-state index contributed by atoms with van der Waals surface area (Å²) in [5.41, 5.74) is 2.62. The molecule has 2 aromatic rings. The third kappa shape index (κ3) is 4.25. The third-order valence-corrected chi connectivity index (χ3v) is 4.46. The van der Waals surface area contributed by atoms with E-state index in [0.29, 0.717) is 10.6 Å².